The van der Waals surface area contributed by atoms with E-state index in [0.717, 1.165) is 28.0 Å². The molecule has 0 bridgehead atoms. The molecule has 28 heavy (non-hydrogen) atoms. The lowest BCUT2D eigenvalue weighted by molar-refractivity contribution is 0.886. The van der Waals surface area contributed by atoms with Crippen LogP contribution in [0.2, 0.25) is 10.0 Å². The van der Waals surface area contributed by atoms with E-state index in [9.17, 15) is 0 Å². The fourth-order valence-electron chi connectivity index (χ4n) is 2.92. The van der Waals surface area contributed by atoms with E-state index in [1.807, 2.05) is 48.5 Å². The maximum absolute atomic E-state index is 6.08. The molecule has 0 atom stereocenters. The van der Waals surface area contributed by atoms with Crippen LogP contribution in [0.3, 0.4) is 0 Å². The molecule has 6 heteroatoms. The largest absolute Gasteiger partial charge is 0.270 e. The molecule has 0 saturated heterocycles. The van der Waals surface area contributed by atoms with Gasteiger partial charge in [0, 0.05) is 27.0 Å². The predicted molar refractivity (Wildman–Crippen MR) is 118 cm³/mol. The number of rotatable bonds is 5. The normalized spacial score (nSPS) is 11.0. The van der Waals surface area contributed by atoms with E-state index in [1.54, 1.807) is 11.8 Å². The molecule has 4 aromatic rings. The lowest BCUT2D eigenvalue weighted by Gasteiger charge is -2.11. The number of hydrogen-bond acceptors (Lipinski definition) is 3. The van der Waals surface area contributed by atoms with Crippen LogP contribution in [0.5, 0.6) is 0 Å². The lowest BCUT2D eigenvalue weighted by atomic mass is 10.2. The summed E-state index contributed by atoms with van der Waals surface area (Å²) in [5.74, 6) is 1.58. The Morgan fingerprint density at radius 2 is 1.54 bits per heavy atom. The van der Waals surface area contributed by atoms with Gasteiger partial charge in [-0.05, 0) is 61.0 Å². The zero-order valence-electron chi connectivity index (χ0n) is 15.1. The predicted octanol–water partition coefficient (Wildman–Crippen LogP) is 6.84. The van der Waals surface area contributed by atoms with E-state index in [4.69, 9.17) is 23.2 Å². The van der Waals surface area contributed by atoms with Crippen LogP contribution in [0, 0.1) is 6.92 Å². The van der Waals surface area contributed by atoms with Crippen molar-refractivity contribution in [3.63, 3.8) is 0 Å². The molecule has 0 N–H and O–H groups in total. The molecule has 0 aliphatic carbocycles. The second-order valence-corrected chi connectivity index (χ2v) is 8.22. The van der Waals surface area contributed by atoms with E-state index in [1.165, 1.54) is 11.1 Å². The molecule has 0 aliphatic rings. The van der Waals surface area contributed by atoms with Crippen LogP contribution in [0.15, 0.2) is 78.0 Å². The van der Waals surface area contributed by atoms with Crippen LogP contribution < -0.4 is 0 Å². The minimum absolute atomic E-state index is 0.690. The highest BCUT2D eigenvalue weighted by molar-refractivity contribution is 7.98. The molecule has 0 saturated carbocycles. The highest BCUT2D eigenvalue weighted by Gasteiger charge is 2.16. The van der Waals surface area contributed by atoms with Gasteiger partial charge in [0.1, 0.15) is 0 Å². The summed E-state index contributed by atoms with van der Waals surface area (Å²) in [6, 6.07) is 23.8. The Hall–Kier alpha value is -2.27. The first-order valence-electron chi connectivity index (χ1n) is 8.76. The summed E-state index contributed by atoms with van der Waals surface area (Å²) in [7, 11) is 0. The molecule has 0 radical (unpaired) electrons. The molecule has 1 heterocycles. The van der Waals surface area contributed by atoms with Gasteiger partial charge in [0.15, 0.2) is 11.0 Å². The molecule has 0 fully saturated rings. The summed E-state index contributed by atoms with van der Waals surface area (Å²) in [6.07, 6.45) is 0. The fourth-order valence-corrected chi connectivity index (χ4v) is 4.07. The van der Waals surface area contributed by atoms with E-state index in [2.05, 4.69) is 46.0 Å². The molecule has 140 valence electrons. The topological polar surface area (TPSA) is 30.7 Å². The Bertz CT molecular complexity index is 1090. The van der Waals surface area contributed by atoms with Crippen LogP contribution >= 0.6 is 35.0 Å². The number of nitrogens with zero attached hydrogens (tertiary/aromatic N) is 3. The van der Waals surface area contributed by atoms with Crippen LogP contribution in [0.4, 0.5) is 0 Å². The fraction of sp³-hybridized carbons (Fsp3) is 0.0909. The summed E-state index contributed by atoms with van der Waals surface area (Å²) >= 11 is 13.8. The number of hydrogen-bond donors (Lipinski definition) is 0. The standard InChI is InChI=1S/C22H17Cl2N3S/c1-15-3-2-4-16(13-15)14-28-22-26-25-21(17-5-7-18(23)8-6-17)27(22)20-11-9-19(24)10-12-20/h2-13H,14H2,1H3. The number of aromatic nitrogens is 3. The molecular weight excluding hydrogens is 409 g/mol. The van der Waals surface area contributed by atoms with E-state index in [0.29, 0.717) is 10.0 Å². The molecule has 0 amide bonds. The van der Waals surface area contributed by atoms with Crippen molar-refractivity contribution < 1.29 is 0 Å². The van der Waals surface area contributed by atoms with Gasteiger partial charge in [-0.2, -0.15) is 0 Å². The van der Waals surface area contributed by atoms with Crippen molar-refractivity contribution in [1.82, 2.24) is 14.8 Å². The third-order valence-electron chi connectivity index (χ3n) is 4.27. The maximum Gasteiger partial charge on any atom is 0.196 e. The van der Waals surface area contributed by atoms with Gasteiger partial charge in [-0.15, -0.1) is 10.2 Å². The van der Waals surface area contributed by atoms with Crippen molar-refractivity contribution >= 4 is 35.0 Å². The Balaban J connectivity index is 1.73. The van der Waals surface area contributed by atoms with Crippen molar-refractivity contribution in [1.29, 1.82) is 0 Å². The zero-order chi connectivity index (χ0) is 19.5. The van der Waals surface area contributed by atoms with Gasteiger partial charge in [0.2, 0.25) is 0 Å². The summed E-state index contributed by atoms with van der Waals surface area (Å²) < 4.78 is 2.06. The Labute approximate surface area is 178 Å². The summed E-state index contributed by atoms with van der Waals surface area (Å²) in [4.78, 5) is 0. The first-order valence-corrected chi connectivity index (χ1v) is 10.5. The van der Waals surface area contributed by atoms with Gasteiger partial charge >= 0.3 is 0 Å². The van der Waals surface area contributed by atoms with Crippen molar-refractivity contribution in [3.05, 3.63) is 94.0 Å². The zero-order valence-corrected chi connectivity index (χ0v) is 17.5. The average Bonchev–Trinajstić information content (AvgIpc) is 3.11. The monoisotopic (exact) mass is 425 g/mol. The molecule has 4 rings (SSSR count). The maximum atomic E-state index is 6.08. The number of aryl methyl sites for hydroxylation is 1. The van der Waals surface area contributed by atoms with Gasteiger partial charge in [0.05, 0.1) is 0 Å². The number of thioether (sulfide) groups is 1. The van der Waals surface area contributed by atoms with Crippen molar-refractivity contribution in [2.24, 2.45) is 0 Å². The molecule has 0 aliphatic heterocycles. The third kappa shape index (κ3) is 4.25. The SMILES string of the molecule is Cc1cccc(CSc2nnc(-c3ccc(Cl)cc3)n2-c2ccc(Cl)cc2)c1. The van der Waals surface area contributed by atoms with E-state index >= 15 is 0 Å². The van der Waals surface area contributed by atoms with Crippen LogP contribution in [0.1, 0.15) is 11.1 Å². The Morgan fingerprint density at radius 1 is 0.857 bits per heavy atom. The van der Waals surface area contributed by atoms with Crippen LogP contribution in [-0.4, -0.2) is 14.8 Å². The van der Waals surface area contributed by atoms with E-state index < -0.39 is 0 Å². The van der Waals surface area contributed by atoms with Gasteiger partial charge in [0.25, 0.3) is 0 Å². The lowest BCUT2D eigenvalue weighted by Crippen LogP contribution is -1.99. The molecule has 0 spiro atoms. The smallest absolute Gasteiger partial charge is 0.196 e. The first-order chi connectivity index (χ1) is 13.6. The molecule has 0 unspecified atom stereocenters. The van der Waals surface area contributed by atoms with Crippen molar-refractivity contribution in [2.45, 2.75) is 17.8 Å². The van der Waals surface area contributed by atoms with Crippen LogP contribution in [-0.2, 0) is 5.75 Å². The van der Waals surface area contributed by atoms with Gasteiger partial charge in [-0.1, -0.05) is 64.8 Å². The highest BCUT2D eigenvalue weighted by Crippen LogP contribution is 2.30. The third-order valence-corrected chi connectivity index (χ3v) is 5.78. The molecule has 3 aromatic carbocycles. The second kappa shape index (κ2) is 8.39. The molecular formula is C22H17Cl2N3S. The minimum atomic E-state index is 0.690. The van der Waals surface area contributed by atoms with Crippen molar-refractivity contribution in [2.75, 3.05) is 0 Å². The highest BCUT2D eigenvalue weighted by atomic mass is 35.5. The summed E-state index contributed by atoms with van der Waals surface area (Å²) in [5.41, 5.74) is 4.42. The van der Waals surface area contributed by atoms with Gasteiger partial charge in [-0.3, -0.25) is 4.57 Å². The Kier molecular flexibility index (Phi) is 5.72. The number of benzene rings is 3. The number of halogens is 2. The van der Waals surface area contributed by atoms with Crippen molar-refractivity contribution in [3.8, 4) is 17.1 Å². The van der Waals surface area contributed by atoms with E-state index in [-0.39, 0.29) is 0 Å². The Morgan fingerprint density at radius 3 is 2.21 bits per heavy atom. The first kappa shape index (κ1) is 19.1. The second-order valence-electron chi connectivity index (χ2n) is 6.40. The quantitative estimate of drug-likeness (QED) is 0.327. The minimum Gasteiger partial charge on any atom is -0.270 e. The molecule has 1 aromatic heterocycles. The average molecular weight is 426 g/mol. The van der Waals surface area contributed by atoms with Gasteiger partial charge < -0.3 is 0 Å². The summed E-state index contributed by atoms with van der Waals surface area (Å²) in [6.45, 7) is 2.10. The van der Waals surface area contributed by atoms with Gasteiger partial charge in [-0.25, -0.2) is 0 Å². The van der Waals surface area contributed by atoms with Crippen LogP contribution in [0.25, 0.3) is 17.1 Å². The molecule has 3 nitrogen and oxygen atoms in total. The summed E-state index contributed by atoms with van der Waals surface area (Å²) in [5, 5.41) is 11.1.